The van der Waals surface area contributed by atoms with Gasteiger partial charge in [0.25, 0.3) is 0 Å². The number of hydrogen-bond donors (Lipinski definition) is 1. The molecular weight excluding hydrogens is 416 g/mol. The largest absolute Gasteiger partial charge is 0.355 e. The lowest BCUT2D eigenvalue weighted by Gasteiger charge is -2.29. The second kappa shape index (κ2) is 9.74. The predicted octanol–water partition coefficient (Wildman–Crippen LogP) is 4.20. The molecule has 4 nitrogen and oxygen atoms in total. The third-order valence-electron chi connectivity index (χ3n) is 4.06. The highest BCUT2D eigenvalue weighted by molar-refractivity contribution is 9.10. The van der Waals surface area contributed by atoms with Gasteiger partial charge in [0.2, 0.25) is 11.8 Å². The SMILES string of the molecule is CCNC(=O)C(C)N(Cc1cccc(Br)c1)C(=O)Cc1ccccc1Cl. The Morgan fingerprint density at radius 1 is 1.19 bits per heavy atom. The molecule has 2 amide bonds. The van der Waals surface area contributed by atoms with Crippen molar-refractivity contribution in [1.82, 2.24) is 10.2 Å². The van der Waals surface area contributed by atoms with Crippen LogP contribution in [0, 0.1) is 0 Å². The molecule has 0 fully saturated rings. The maximum absolute atomic E-state index is 13.0. The molecule has 6 heteroatoms. The number of rotatable bonds is 7. The van der Waals surface area contributed by atoms with E-state index < -0.39 is 6.04 Å². The van der Waals surface area contributed by atoms with Gasteiger partial charge in [0.05, 0.1) is 6.42 Å². The van der Waals surface area contributed by atoms with E-state index >= 15 is 0 Å². The van der Waals surface area contributed by atoms with Crippen LogP contribution < -0.4 is 5.32 Å². The smallest absolute Gasteiger partial charge is 0.242 e. The fourth-order valence-corrected chi connectivity index (χ4v) is 3.29. The molecule has 0 aliphatic carbocycles. The standard InChI is InChI=1S/C20H22BrClN2O2/c1-3-23-20(26)14(2)24(13-15-7-6-9-17(21)11-15)19(25)12-16-8-4-5-10-18(16)22/h4-11,14H,3,12-13H2,1-2H3,(H,23,26). The molecule has 0 heterocycles. The summed E-state index contributed by atoms with van der Waals surface area (Å²) in [6, 6.07) is 14.4. The van der Waals surface area contributed by atoms with Crippen molar-refractivity contribution < 1.29 is 9.59 Å². The minimum atomic E-state index is -0.580. The Hall–Kier alpha value is -1.85. The van der Waals surface area contributed by atoms with E-state index in [4.69, 9.17) is 11.6 Å². The van der Waals surface area contributed by atoms with Crippen LogP contribution in [0.5, 0.6) is 0 Å². The second-order valence-electron chi connectivity index (χ2n) is 5.99. The number of carbonyl (C=O) groups is 2. The lowest BCUT2D eigenvalue weighted by Crippen LogP contribution is -2.48. The van der Waals surface area contributed by atoms with Crippen molar-refractivity contribution in [3.05, 3.63) is 69.2 Å². The molecule has 2 aromatic rings. The summed E-state index contributed by atoms with van der Waals surface area (Å²) in [6.45, 7) is 4.47. The Balaban J connectivity index is 2.25. The third-order valence-corrected chi connectivity index (χ3v) is 4.92. The van der Waals surface area contributed by atoms with Gasteiger partial charge in [-0.05, 0) is 43.2 Å². The fraction of sp³-hybridized carbons (Fsp3) is 0.300. The van der Waals surface area contributed by atoms with Gasteiger partial charge in [0.1, 0.15) is 6.04 Å². The first-order valence-corrected chi connectivity index (χ1v) is 9.64. The van der Waals surface area contributed by atoms with Gasteiger partial charge in [-0.25, -0.2) is 0 Å². The summed E-state index contributed by atoms with van der Waals surface area (Å²) in [6.07, 6.45) is 0.150. The van der Waals surface area contributed by atoms with Crippen LogP contribution in [0.15, 0.2) is 53.0 Å². The van der Waals surface area contributed by atoms with E-state index in [-0.39, 0.29) is 18.2 Å². The van der Waals surface area contributed by atoms with Crippen molar-refractivity contribution in [1.29, 1.82) is 0 Å². The minimum absolute atomic E-state index is 0.142. The highest BCUT2D eigenvalue weighted by Gasteiger charge is 2.26. The molecule has 0 aromatic heterocycles. The topological polar surface area (TPSA) is 49.4 Å². The van der Waals surface area contributed by atoms with Gasteiger partial charge in [-0.2, -0.15) is 0 Å². The van der Waals surface area contributed by atoms with Gasteiger partial charge in [-0.1, -0.05) is 57.9 Å². The molecule has 1 N–H and O–H groups in total. The normalized spacial score (nSPS) is 11.7. The van der Waals surface area contributed by atoms with E-state index in [9.17, 15) is 9.59 Å². The molecule has 2 aromatic carbocycles. The summed E-state index contributed by atoms with van der Waals surface area (Å²) in [5, 5.41) is 3.33. The lowest BCUT2D eigenvalue weighted by molar-refractivity contribution is -0.140. The zero-order valence-corrected chi connectivity index (χ0v) is 17.2. The molecule has 1 atom stereocenters. The van der Waals surface area contributed by atoms with Crippen molar-refractivity contribution in [2.75, 3.05) is 6.54 Å². The maximum Gasteiger partial charge on any atom is 0.242 e. The number of halogens is 2. The molecule has 0 saturated carbocycles. The number of hydrogen-bond acceptors (Lipinski definition) is 2. The molecular formula is C20H22BrClN2O2. The van der Waals surface area contributed by atoms with Crippen LogP contribution in [-0.4, -0.2) is 29.3 Å². The molecule has 26 heavy (non-hydrogen) atoms. The molecule has 0 radical (unpaired) electrons. The fourth-order valence-electron chi connectivity index (χ4n) is 2.64. The molecule has 0 aliphatic heterocycles. The van der Waals surface area contributed by atoms with Crippen molar-refractivity contribution >= 4 is 39.3 Å². The molecule has 1 unspecified atom stereocenters. The molecule has 0 aliphatic rings. The van der Waals surface area contributed by atoms with Crippen LogP contribution in [0.3, 0.4) is 0 Å². The van der Waals surface area contributed by atoms with Crippen LogP contribution in [0.2, 0.25) is 5.02 Å². The van der Waals surface area contributed by atoms with Gasteiger partial charge < -0.3 is 10.2 Å². The number of nitrogens with zero attached hydrogens (tertiary/aromatic N) is 1. The molecule has 0 spiro atoms. The van der Waals surface area contributed by atoms with Crippen LogP contribution in [0.25, 0.3) is 0 Å². The van der Waals surface area contributed by atoms with E-state index in [0.29, 0.717) is 18.1 Å². The second-order valence-corrected chi connectivity index (χ2v) is 7.31. The summed E-state index contributed by atoms with van der Waals surface area (Å²) in [5.74, 6) is -0.313. The minimum Gasteiger partial charge on any atom is -0.355 e. The Bertz CT molecular complexity index is 782. The molecule has 0 bridgehead atoms. The van der Waals surface area contributed by atoms with E-state index in [2.05, 4.69) is 21.2 Å². The highest BCUT2D eigenvalue weighted by atomic mass is 79.9. The van der Waals surface area contributed by atoms with E-state index in [1.807, 2.05) is 49.4 Å². The molecule has 0 saturated heterocycles. The first-order valence-electron chi connectivity index (χ1n) is 8.47. The first kappa shape index (κ1) is 20.5. The van der Waals surface area contributed by atoms with Gasteiger partial charge >= 0.3 is 0 Å². The molecule has 138 valence electrons. The number of likely N-dealkylation sites (N-methyl/N-ethyl adjacent to an activating group) is 1. The zero-order valence-electron chi connectivity index (χ0n) is 14.8. The van der Waals surface area contributed by atoms with Crippen LogP contribution in [0.1, 0.15) is 25.0 Å². The predicted molar refractivity (Wildman–Crippen MR) is 108 cm³/mol. The third kappa shape index (κ3) is 5.58. The Labute approximate surface area is 167 Å². The summed E-state index contributed by atoms with van der Waals surface area (Å²) < 4.78 is 0.930. The quantitative estimate of drug-likeness (QED) is 0.706. The Morgan fingerprint density at radius 2 is 1.92 bits per heavy atom. The van der Waals surface area contributed by atoms with Crippen LogP contribution in [-0.2, 0) is 22.6 Å². The van der Waals surface area contributed by atoms with Gasteiger partial charge in [-0.15, -0.1) is 0 Å². The highest BCUT2D eigenvalue weighted by Crippen LogP contribution is 2.19. The number of benzene rings is 2. The van der Waals surface area contributed by atoms with E-state index in [1.54, 1.807) is 17.9 Å². The Morgan fingerprint density at radius 3 is 2.58 bits per heavy atom. The number of nitrogens with one attached hydrogen (secondary N) is 1. The van der Waals surface area contributed by atoms with Crippen molar-refractivity contribution in [2.45, 2.75) is 32.9 Å². The van der Waals surface area contributed by atoms with Gasteiger partial charge in [0.15, 0.2) is 0 Å². The summed E-state index contributed by atoms with van der Waals surface area (Å²) in [5.41, 5.74) is 1.70. The monoisotopic (exact) mass is 436 g/mol. The van der Waals surface area contributed by atoms with Crippen LogP contribution in [0.4, 0.5) is 0 Å². The van der Waals surface area contributed by atoms with Gasteiger partial charge in [0, 0.05) is 22.6 Å². The average Bonchev–Trinajstić information content (AvgIpc) is 2.61. The first-order chi connectivity index (χ1) is 12.4. The van der Waals surface area contributed by atoms with Crippen LogP contribution >= 0.6 is 27.5 Å². The number of carbonyl (C=O) groups excluding carboxylic acids is 2. The average molecular weight is 438 g/mol. The number of amides is 2. The van der Waals surface area contributed by atoms with Crippen molar-refractivity contribution in [3.63, 3.8) is 0 Å². The van der Waals surface area contributed by atoms with E-state index in [0.717, 1.165) is 15.6 Å². The lowest BCUT2D eigenvalue weighted by atomic mass is 10.1. The Kier molecular flexibility index (Phi) is 7.66. The zero-order chi connectivity index (χ0) is 19.1. The maximum atomic E-state index is 13.0. The summed E-state index contributed by atoms with van der Waals surface area (Å²) in [7, 11) is 0. The summed E-state index contributed by atoms with van der Waals surface area (Å²) in [4.78, 5) is 26.9. The van der Waals surface area contributed by atoms with Gasteiger partial charge in [-0.3, -0.25) is 9.59 Å². The molecule has 2 rings (SSSR count). The summed E-state index contributed by atoms with van der Waals surface area (Å²) >= 11 is 9.63. The van der Waals surface area contributed by atoms with Crippen molar-refractivity contribution in [2.24, 2.45) is 0 Å². The van der Waals surface area contributed by atoms with Crippen molar-refractivity contribution in [3.8, 4) is 0 Å². The van der Waals surface area contributed by atoms with E-state index in [1.165, 1.54) is 0 Å².